The monoisotopic (exact) mass is 242 g/mol. The Bertz CT molecular complexity index is 503. The fraction of sp³-hybridized carbons (Fsp3) is 0.273. The van der Waals surface area contributed by atoms with E-state index >= 15 is 0 Å². The highest BCUT2D eigenvalue weighted by Gasteiger charge is 2.12. The van der Waals surface area contributed by atoms with Crippen LogP contribution in [0.1, 0.15) is 5.56 Å². The van der Waals surface area contributed by atoms with Crippen LogP contribution in [-0.4, -0.2) is 11.1 Å². The molecule has 1 heterocycles. The van der Waals surface area contributed by atoms with Gasteiger partial charge in [0.15, 0.2) is 0 Å². The summed E-state index contributed by atoms with van der Waals surface area (Å²) in [5.74, 6) is 0. The van der Waals surface area contributed by atoms with Gasteiger partial charge in [0.1, 0.15) is 5.15 Å². The molecule has 4 heteroatoms. The summed E-state index contributed by atoms with van der Waals surface area (Å²) >= 11 is 12.2. The van der Waals surface area contributed by atoms with Crippen LogP contribution in [0.15, 0.2) is 18.2 Å². The third kappa shape index (κ3) is 1.73. The second-order valence-electron chi connectivity index (χ2n) is 3.53. The lowest BCUT2D eigenvalue weighted by Crippen LogP contribution is -2.02. The fourth-order valence-corrected chi connectivity index (χ4v) is 2.30. The van der Waals surface area contributed by atoms with Crippen LogP contribution in [0.2, 0.25) is 10.2 Å². The summed E-state index contributed by atoms with van der Waals surface area (Å²) in [6.07, 6.45) is 0.774. The minimum Gasteiger partial charge on any atom is -0.335 e. The minimum atomic E-state index is 0.589. The van der Waals surface area contributed by atoms with E-state index in [1.54, 1.807) is 0 Å². The quantitative estimate of drug-likeness (QED) is 0.863. The van der Waals surface area contributed by atoms with Gasteiger partial charge in [0.25, 0.3) is 0 Å². The Labute approximate surface area is 98.6 Å². The van der Waals surface area contributed by atoms with Crippen molar-refractivity contribution in [2.45, 2.75) is 6.42 Å². The van der Waals surface area contributed by atoms with Gasteiger partial charge in [0, 0.05) is 23.0 Å². The molecule has 0 amide bonds. The molecule has 80 valence electrons. The summed E-state index contributed by atoms with van der Waals surface area (Å²) in [6, 6.07) is 5.78. The van der Waals surface area contributed by atoms with E-state index in [0.717, 1.165) is 33.1 Å². The Hall–Kier alpha value is -0.700. The first-order valence-electron chi connectivity index (χ1n) is 4.77. The number of rotatable bonds is 2. The maximum absolute atomic E-state index is 6.23. The summed E-state index contributed by atoms with van der Waals surface area (Å²) in [5.41, 5.74) is 7.74. The lowest BCUT2D eigenvalue weighted by Gasteiger charge is -1.97. The van der Waals surface area contributed by atoms with Crippen molar-refractivity contribution in [1.29, 1.82) is 0 Å². The molecule has 2 rings (SSSR count). The Morgan fingerprint density at radius 2 is 2.07 bits per heavy atom. The normalized spacial score (nSPS) is 11.2. The zero-order chi connectivity index (χ0) is 11.0. The van der Waals surface area contributed by atoms with Crippen molar-refractivity contribution in [1.82, 2.24) is 4.57 Å². The van der Waals surface area contributed by atoms with Crippen molar-refractivity contribution >= 4 is 34.1 Å². The molecule has 0 aliphatic rings. The molecule has 0 bridgehead atoms. The molecule has 0 spiro atoms. The highest BCUT2D eigenvalue weighted by atomic mass is 35.5. The number of hydrogen-bond donors (Lipinski definition) is 1. The fourth-order valence-electron chi connectivity index (χ4n) is 1.84. The van der Waals surface area contributed by atoms with E-state index in [0.29, 0.717) is 6.54 Å². The molecular formula is C11H12Cl2N2. The molecule has 0 unspecified atom stereocenters. The molecule has 0 saturated carbocycles. The van der Waals surface area contributed by atoms with Gasteiger partial charge < -0.3 is 10.3 Å². The van der Waals surface area contributed by atoms with Crippen LogP contribution in [0.5, 0.6) is 0 Å². The van der Waals surface area contributed by atoms with Crippen LogP contribution in [0.25, 0.3) is 10.9 Å². The van der Waals surface area contributed by atoms with E-state index in [4.69, 9.17) is 28.9 Å². The molecule has 2 N–H and O–H groups in total. The lowest BCUT2D eigenvalue weighted by atomic mass is 10.1. The van der Waals surface area contributed by atoms with Crippen molar-refractivity contribution in [2.24, 2.45) is 12.8 Å². The molecule has 1 aromatic heterocycles. The molecule has 1 aromatic carbocycles. The van der Waals surface area contributed by atoms with Gasteiger partial charge in [-0.1, -0.05) is 23.2 Å². The summed E-state index contributed by atoms with van der Waals surface area (Å²) in [7, 11) is 1.94. The SMILES string of the molecule is Cn1c(Cl)c(CCN)c2cc(Cl)ccc21. The molecule has 0 radical (unpaired) electrons. The van der Waals surface area contributed by atoms with Gasteiger partial charge >= 0.3 is 0 Å². The third-order valence-corrected chi connectivity index (χ3v) is 3.30. The van der Waals surface area contributed by atoms with Gasteiger partial charge in [-0.05, 0) is 36.7 Å². The van der Waals surface area contributed by atoms with Crippen molar-refractivity contribution in [3.05, 3.63) is 33.9 Å². The van der Waals surface area contributed by atoms with Crippen LogP contribution >= 0.6 is 23.2 Å². The zero-order valence-electron chi connectivity index (χ0n) is 8.43. The molecule has 2 nitrogen and oxygen atoms in total. The average molecular weight is 243 g/mol. The van der Waals surface area contributed by atoms with Crippen LogP contribution in [-0.2, 0) is 13.5 Å². The number of fused-ring (bicyclic) bond motifs is 1. The van der Waals surface area contributed by atoms with Gasteiger partial charge in [-0.25, -0.2) is 0 Å². The Morgan fingerprint density at radius 3 is 2.73 bits per heavy atom. The molecular weight excluding hydrogens is 231 g/mol. The van der Waals surface area contributed by atoms with Crippen molar-refractivity contribution in [3.63, 3.8) is 0 Å². The van der Waals surface area contributed by atoms with E-state index in [1.807, 2.05) is 29.8 Å². The molecule has 2 aromatic rings. The van der Waals surface area contributed by atoms with E-state index < -0.39 is 0 Å². The number of nitrogens with zero attached hydrogens (tertiary/aromatic N) is 1. The summed E-state index contributed by atoms with van der Waals surface area (Å²) in [5, 5.41) is 2.57. The van der Waals surface area contributed by atoms with Crippen LogP contribution in [0, 0.1) is 0 Å². The van der Waals surface area contributed by atoms with Crippen molar-refractivity contribution < 1.29 is 0 Å². The van der Waals surface area contributed by atoms with Crippen LogP contribution in [0.4, 0.5) is 0 Å². The smallest absolute Gasteiger partial charge is 0.113 e. The topological polar surface area (TPSA) is 30.9 Å². The number of aromatic nitrogens is 1. The molecule has 15 heavy (non-hydrogen) atoms. The number of nitrogens with two attached hydrogens (primary N) is 1. The minimum absolute atomic E-state index is 0.589. The Kier molecular flexibility index (Phi) is 2.91. The van der Waals surface area contributed by atoms with Crippen LogP contribution < -0.4 is 5.73 Å². The van der Waals surface area contributed by atoms with Gasteiger partial charge in [-0.2, -0.15) is 0 Å². The van der Waals surface area contributed by atoms with Crippen molar-refractivity contribution in [2.75, 3.05) is 6.54 Å². The predicted molar refractivity (Wildman–Crippen MR) is 65.7 cm³/mol. The number of benzene rings is 1. The third-order valence-electron chi connectivity index (χ3n) is 2.58. The van der Waals surface area contributed by atoms with E-state index in [9.17, 15) is 0 Å². The van der Waals surface area contributed by atoms with Gasteiger partial charge in [0.2, 0.25) is 0 Å². The number of aryl methyl sites for hydroxylation is 1. The largest absolute Gasteiger partial charge is 0.335 e. The maximum atomic E-state index is 6.23. The molecule has 0 fully saturated rings. The first kappa shape index (κ1) is 10.8. The second-order valence-corrected chi connectivity index (χ2v) is 4.32. The molecule has 0 saturated heterocycles. The van der Waals surface area contributed by atoms with Gasteiger partial charge in [0.05, 0.1) is 0 Å². The predicted octanol–water partition coefficient (Wildman–Crippen LogP) is 2.99. The summed E-state index contributed by atoms with van der Waals surface area (Å²) in [4.78, 5) is 0. The van der Waals surface area contributed by atoms with E-state index in [2.05, 4.69) is 0 Å². The first-order chi connectivity index (χ1) is 7.15. The average Bonchev–Trinajstić information content (AvgIpc) is 2.44. The zero-order valence-corrected chi connectivity index (χ0v) is 9.94. The second kappa shape index (κ2) is 4.05. The van der Waals surface area contributed by atoms with Crippen molar-refractivity contribution in [3.8, 4) is 0 Å². The number of halogens is 2. The van der Waals surface area contributed by atoms with Gasteiger partial charge in [-0.3, -0.25) is 0 Å². The highest BCUT2D eigenvalue weighted by molar-refractivity contribution is 6.33. The molecule has 0 atom stereocenters. The lowest BCUT2D eigenvalue weighted by molar-refractivity contribution is 0.930. The maximum Gasteiger partial charge on any atom is 0.113 e. The molecule has 0 aliphatic carbocycles. The first-order valence-corrected chi connectivity index (χ1v) is 5.53. The highest BCUT2D eigenvalue weighted by Crippen LogP contribution is 2.31. The summed E-state index contributed by atoms with van der Waals surface area (Å²) < 4.78 is 1.96. The Balaban J connectivity index is 2.76. The summed E-state index contributed by atoms with van der Waals surface area (Å²) in [6.45, 7) is 0.589. The standard InChI is InChI=1S/C11H12Cl2N2/c1-15-10-3-2-7(12)6-9(10)8(4-5-14)11(15)13/h2-3,6H,4-5,14H2,1H3. The molecule has 0 aliphatic heterocycles. The van der Waals surface area contributed by atoms with E-state index in [-0.39, 0.29) is 0 Å². The van der Waals surface area contributed by atoms with E-state index in [1.165, 1.54) is 0 Å². The van der Waals surface area contributed by atoms with Gasteiger partial charge in [-0.15, -0.1) is 0 Å². The Morgan fingerprint density at radius 1 is 1.33 bits per heavy atom. The van der Waals surface area contributed by atoms with Crippen LogP contribution in [0.3, 0.4) is 0 Å². The number of hydrogen-bond acceptors (Lipinski definition) is 1.